The van der Waals surface area contributed by atoms with E-state index < -0.39 is 0 Å². The third-order valence-corrected chi connectivity index (χ3v) is 5.31. The smallest absolute Gasteiger partial charge is 0.145 e. The van der Waals surface area contributed by atoms with Gasteiger partial charge < -0.3 is 14.4 Å². The molecule has 0 aliphatic rings. The fraction of sp³-hybridized carbons (Fsp3) is 0.591. The first-order valence-corrected chi connectivity index (χ1v) is 9.71. The molecule has 0 amide bonds. The molecule has 2 aromatic rings. The molecule has 4 heteroatoms. The predicted octanol–water partition coefficient (Wildman–Crippen LogP) is 5.09. The van der Waals surface area contributed by atoms with Crippen LogP contribution in [0.25, 0.3) is 10.9 Å². The predicted molar refractivity (Wildman–Crippen MR) is 110 cm³/mol. The summed E-state index contributed by atoms with van der Waals surface area (Å²) in [4.78, 5) is 7.19. The Bertz CT molecular complexity index is 739. The number of benzene rings is 1. The molecule has 144 valence electrons. The topological polar surface area (TPSA) is 34.6 Å². The first kappa shape index (κ1) is 20.5. The van der Waals surface area contributed by atoms with Crippen LogP contribution in [0, 0.1) is 13.8 Å². The molecular weight excluding hydrogens is 324 g/mol. The summed E-state index contributed by atoms with van der Waals surface area (Å²) < 4.78 is 11.5. The quantitative estimate of drug-likeness (QED) is 0.625. The van der Waals surface area contributed by atoms with Crippen molar-refractivity contribution in [3.63, 3.8) is 0 Å². The molecule has 0 radical (unpaired) electrons. The van der Waals surface area contributed by atoms with Crippen LogP contribution >= 0.6 is 0 Å². The van der Waals surface area contributed by atoms with Gasteiger partial charge in [-0.25, -0.2) is 4.98 Å². The van der Waals surface area contributed by atoms with Crippen LogP contribution in [0.2, 0.25) is 0 Å². The highest BCUT2D eigenvalue weighted by molar-refractivity contribution is 5.94. The molecule has 0 spiro atoms. The van der Waals surface area contributed by atoms with Gasteiger partial charge in [0.15, 0.2) is 0 Å². The van der Waals surface area contributed by atoms with Crippen molar-refractivity contribution in [3.8, 4) is 11.5 Å². The lowest BCUT2D eigenvalue weighted by Gasteiger charge is -2.22. The third-order valence-electron chi connectivity index (χ3n) is 5.31. The Morgan fingerprint density at radius 2 is 1.77 bits per heavy atom. The average Bonchev–Trinajstić information content (AvgIpc) is 2.63. The molecule has 0 N–H and O–H groups in total. The van der Waals surface area contributed by atoms with E-state index in [9.17, 15) is 0 Å². The van der Waals surface area contributed by atoms with Crippen LogP contribution in [0.15, 0.2) is 12.1 Å². The van der Waals surface area contributed by atoms with Crippen molar-refractivity contribution in [3.05, 3.63) is 29.0 Å². The van der Waals surface area contributed by atoms with Gasteiger partial charge in [-0.3, -0.25) is 0 Å². The summed E-state index contributed by atoms with van der Waals surface area (Å²) >= 11 is 0. The second-order valence-electron chi connectivity index (χ2n) is 7.08. The second kappa shape index (κ2) is 9.22. The number of rotatable bonds is 9. The molecule has 0 aliphatic carbocycles. The Labute approximate surface area is 158 Å². The molecule has 0 bridgehead atoms. The van der Waals surface area contributed by atoms with Crippen molar-refractivity contribution < 1.29 is 9.47 Å². The van der Waals surface area contributed by atoms with E-state index >= 15 is 0 Å². The van der Waals surface area contributed by atoms with Gasteiger partial charge in [0.2, 0.25) is 0 Å². The van der Waals surface area contributed by atoms with Crippen LogP contribution in [-0.2, 0) is 0 Å². The number of ether oxygens (including phenoxy) is 2. The molecule has 26 heavy (non-hydrogen) atoms. The van der Waals surface area contributed by atoms with E-state index in [-0.39, 0.29) is 0 Å². The molecule has 2 rings (SSSR count). The molecule has 1 aromatic heterocycles. The van der Waals surface area contributed by atoms with Crippen LogP contribution in [-0.4, -0.2) is 43.7 Å². The Morgan fingerprint density at radius 3 is 2.35 bits per heavy atom. The maximum atomic E-state index is 5.86. The van der Waals surface area contributed by atoms with Crippen LogP contribution < -0.4 is 9.47 Å². The average molecular weight is 359 g/mol. The highest BCUT2D eigenvalue weighted by Gasteiger charge is 2.20. The van der Waals surface area contributed by atoms with Crippen molar-refractivity contribution >= 4 is 10.9 Å². The Balaban J connectivity index is 2.40. The van der Waals surface area contributed by atoms with Gasteiger partial charge in [-0.2, -0.15) is 0 Å². The van der Waals surface area contributed by atoms with Crippen molar-refractivity contribution in [2.45, 2.75) is 53.4 Å². The van der Waals surface area contributed by atoms with Gasteiger partial charge in [0, 0.05) is 16.6 Å². The molecule has 4 nitrogen and oxygen atoms in total. The zero-order valence-electron chi connectivity index (χ0n) is 17.5. The number of nitrogens with zero attached hydrogens (tertiary/aromatic N) is 2. The van der Waals surface area contributed by atoms with Crippen molar-refractivity contribution in [2.75, 3.05) is 33.9 Å². The number of hydrogen-bond donors (Lipinski definition) is 0. The minimum Gasteiger partial charge on any atom is -0.496 e. The number of fused-ring (bicyclic) bond motifs is 1. The van der Waals surface area contributed by atoms with E-state index in [1.165, 1.54) is 17.5 Å². The molecule has 1 atom stereocenters. The molecule has 1 unspecified atom stereocenters. The largest absolute Gasteiger partial charge is 0.496 e. The number of aromatic nitrogens is 1. The first-order valence-electron chi connectivity index (χ1n) is 9.71. The monoisotopic (exact) mass is 358 g/mol. The maximum absolute atomic E-state index is 5.86. The Hall–Kier alpha value is -1.81. The van der Waals surface area contributed by atoms with Crippen molar-refractivity contribution in [2.24, 2.45) is 0 Å². The summed E-state index contributed by atoms with van der Waals surface area (Å²) in [5.74, 6) is 2.18. The lowest BCUT2D eigenvalue weighted by molar-refractivity contribution is 0.293. The van der Waals surface area contributed by atoms with Crippen LogP contribution in [0.4, 0.5) is 0 Å². The second-order valence-corrected chi connectivity index (χ2v) is 7.08. The van der Waals surface area contributed by atoms with E-state index in [4.69, 9.17) is 14.5 Å². The summed E-state index contributed by atoms with van der Waals surface area (Å²) in [5.41, 5.74) is 4.28. The molecule has 0 aliphatic heterocycles. The highest BCUT2D eigenvalue weighted by atomic mass is 16.5. The third kappa shape index (κ3) is 4.29. The maximum Gasteiger partial charge on any atom is 0.145 e. The molecule has 1 aromatic carbocycles. The summed E-state index contributed by atoms with van der Waals surface area (Å²) in [5, 5.41) is 1.07. The van der Waals surface area contributed by atoms with Gasteiger partial charge >= 0.3 is 0 Å². The summed E-state index contributed by atoms with van der Waals surface area (Å²) in [6, 6.07) is 4.23. The number of pyridine rings is 1. The zero-order valence-corrected chi connectivity index (χ0v) is 17.5. The minimum atomic E-state index is 0.402. The zero-order chi connectivity index (χ0) is 19.3. The van der Waals surface area contributed by atoms with Gasteiger partial charge in [0.1, 0.15) is 17.0 Å². The molecular formula is C22H34N2O2. The van der Waals surface area contributed by atoms with Gasteiger partial charge in [-0.15, -0.1) is 0 Å². The summed E-state index contributed by atoms with van der Waals surface area (Å²) in [6.45, 7) is 14.2. The highest BCUT2D eigenvalue weighted by Crippen LogP contribution is 2.42. The number of hydrogen-bond acceptors (Lipinski definition) is 4. The molecule has 1 heterocycles. The lowest BCUT2D eigenvalue weighted by atomic mass is 9.92. The molecule has 0 saturated carbocycles. The van der Waals surface area contributed by atoms with Crippen LogP contribution in [0.3, 0.4) is 0 Å². The van der Waals surface area contributed by atoms with Gasteiger partial charge in [0.25, 0.3) is 0 Å². The standard InChI is InChI=1S/C22H34N2O2/c1-8-24(9-2)12-10-11-15(3)18-14-19(25-6)21-20(22(18)26-7)16(4)13-17(5)23-21/h13-15H,8-12H2,1-7H3. The Kier molecular flexibility index (Phi) is 7.27. The Morgan fingerprint density at radius 1 is 1.08 bits per heavy atom. The van der Waals surface area contributed by atoms with E-state index in [0.29, 0.717) is 5.92 Å². The fourth-order valence-electron chi connectivity index (χ4n) is 3.78. The SMILES string of the molecule is CCN(CC)CCCC(C)c1cc(OC)c2nc(C)cc(C)c2c1OC. The molecule has 0 fully saturated rings. The van der Waals surface area contributed by atoms with E-state index in [2.05, 4.69) is 44.7 Å². The fourth-order valence-corrected chi connectivity index (χ4v) is 3.78. The van der Waals surface area contributed by atoms with E-state index in [1.807, 2.05) is 6.92 Å². The normalized spacial score (nSPS) is 12.6. The number of methoxy groups -OCH3 is 2. The van der Waals surface area contributed by atoms with Crippen LogP contribution in [0.1, 0.15) is 56.4 Å². The number of aryl methyl sites for hydroxylation is 2. The minimum absolute atomic E-state index is 0.402. The van der Waals surface area contributed by atoms with Crippen molar-refractivity contribution in [1.29, 1.82) is 0 Å². The van der Waals surface area contributed by atoms with Crippen LogP contribution in [0.5, 0.6) is 11.5 Å². The lowest BCUT2D eigenvalue weighted by Crippen LogP contribution is -2.24. The molecule has 0 saturated heterocycles. The van der Waals surface area contributed by atoms with Crippen molar-refractivity contribution in [1.82, 2.24) is 9.88 Å². The first-order chi connectivity index (χ1) is 12.5. The van der Waals surface area contributed by atoms with E-state index in [0.717, 1.165) is 54.2 Å². The van der Waals surface area contributed by atoms with E-state index in [1.54, 1.807) is 14.2 Å². The summed E-state index contributed by atoms with van der Waals surface area (Å²) in [7, 11) is 3.47. The van der Waals surface area contributed by atoms with Gasteiger partial charge in [-0.1, -0.05) is 20.8 Å². The van der Waals surface area contributed by atoms with Gasteiger partial charge in [0.05, 0.1) is 14.2 Å². The summed E-state index contributed by atoms with van der Waals surface area (Å²) in [6.07, 6.45) is 2.30. The van der Waals surface area contributed by atoms with Gasteiger partial charge in [-0.05, 0) is 69.9 Å².